The van der Waals surface area contributed by atoms with E-state index in [0.717, 1.165) is 18.7 Å². The Balaban J connectivity index is 0.00000324. The fourth-order valence-electron chi connectivity index (χ4n) is 1.82. The van der Waals surface area contributed by atoms with Crippen LogP contribution < -0.4 is 10.2 Å². The highest BCUT2D eigenvalue weighted by Crippen LogP contribution is 2.21. The molecule has 0 aliphatic carbocycles. The summed E-state index contributed by atoms with van der Waals surface area (Å²) in [6.07, 6.45) is 1.47. The van der Waals surface area contributed by atoms with Crippen molar-refractivity contribution in [2.24, 2.45) is 0 Å². The Morgan fingerprint density at radius 2 is 2.05 bits per heavy atom. The summed E-state index contributed by atoms with van der Waals surface area (Å²) in [4.78, 5) is 13.7. The number of amides is 1. The SMILES string of the molecule is CNCCCC(=O)N(C)c1cccc(C(C)C)c1.Cl. The third kappa shape index (κ3) is 5.62. The van der Waals surface area contributed by atoms with Gasteiger partial charge in [0.05, 0.1) is 0 Å². The van der Waals surface area contributed by atoms with Gasteiger partial charge in [-0.2, -0.15) is 0 Å². The maximum Gasteiger partial charge on any atom is 0.226 e. The van der Waals surface area contributed by atoms with Gasteiger partial charge in [-0.25, -0.2) is 0 Å². The van der Waals surface area contributed by atoms with Crippen LogP contribution in [-0.2, 0) is 4.79 Å². The van der Waals surface area contributed by atoms with Crippen LogP contribution in [0.4, 0.5) is 5.69 Å². The molecule has 0 heterocycles. The summed E-state index contributed by atoms with van der Waals surface area (Å²) in [5.74, 6) is 0.656. The van der Waals surface area contributed by atoms with Crippen molar-refractivity contribution in [3.05, 3.63) is 29.8 Å². The average Bonchev–Trinajstić information content (AvgIpc) is 2.38. The van der Waals surface area contributed by atoms with Crippen LogP contribution in [0.25, 0.3) is 0 Å². The van der Waals surface area contributed by atoms with Crippen LogP contribution in [0, 0.1) is 0 Å². The second-order valence-electron chi connectivity index (χ2n) is 4.91. The summed E-state index contributed by atoms with van der Waals surface area (Å²) in [7, 11) is 3.75. The first-order valence-electron chi connectivity index (χ1n) is 6.57. The summed E-state index contributed by atoms with van der Waals surface area (Å²) in [6.45, 7) is 5.20. The number of hydrogen-bond acceptors (Lipinski definition) is 2. The van der Waals surface area contributed by atoms with Crippen molar-refractivity contribution < 1.29 is 4.79 Å². The van der Waals surface area contributed by atoms with Crippen LogP contribution in [0.3, 0.4) is 0 Å². The number of rotatable bonds is 6. The first-order chi connectivity index (χ1) is 8.56. The summed E-state index contributed by atoms with van der Waals surface area (Å²) in [5, 5.41) is 3.06. The summed E-state index contributed by atoms with van der Waals surface area (Å²) in [5.41, 5.74) is 2.25. The van der Waals surface area contributed by atoms with E-state index in [0.29, 0.717) is 12.3 Å². The van der Waals surface area contributed by atoms with Crippen molar-refractivity contribution in [1.29, 1.82) is 0 Å². The average molecular weight is 285 g/mol. The molecule has 0 bridgehead atoms. The van der Waals surface area contributed by atoms with Crippen molar-refractivity contribution in [2.75, 3.05) is 25.5 Å². The normalized spacial score (nSPS) is 10.2. The molecule has 0 atom stereocenters. The van der Waals surface area contributed by atoms with E-state index in [1.165, 1.54) is 5.56 Å². The Hall–Kier alpha value is -1.06. The van der Waals surface area contributed by atoms with Gasteiger partial charge >= 0.3 is 0 Å². The molecule has 0 aliphatic heterocycles. The molecule has 0 aromatic heterocycles. The number of nitrogens with one attached hydrogen (secondary N) is 1. The van der Waals surface area contributed by atoms with Crippen molar-refractivity contribution in [2.45, 2.75) is 32.6 Å². The monoisotopic (exact) mass is 284 g/mol. The van der Waals surface area contributed by atoms with Gasteiger partial charge in [-0.05, 0) is 43.6 Å². The molecule has 0 radical (unpaired) electrons. The fourth-order valence-corrected chi connectivity index (χ4v) is 1.82. The van der Waals surface area contributed by atoms with E-state index in [2.05, 4.69) is 31.3 Å². The van der Waals surface area contributed by atoms with E-state index >= 15 is 0 Å². The van der Waals surface area contributed by atoms with Gasteiger partial charge in [0, 0.05) is 19.2 Å². The predicted molar refractivity (Wildman–Crippen MR) is 84.3 cm³/mol. The molecule has 0 saturated carbocycles. The second kappa shape index (κ2) is 8.94. The standard InChI is InChI=1S/C15H24N2O.ClH/c1-12(2)13-7-5-8-14(11-13)17(4)15(18)9-6-10-16-3;/h5,7-8,11-12,16H,6,9-10H2,1-4H3;1H. The zero-order valence-corrected chi connectivity index (χ0v) is 13.1. The highest BCUT2D eigenvalue weighted by Gasteiger charge is 2.11. The molecule has 0 fully saturated rings. The van der Waals surface area contributed by atoms with E-state index in [9.17, 15) is 4.79 Å². The smallest absolute Gasteiger partial charge is 0.226 e. The Morgan fingerprint density at radius 1 is 1.37 bits per heavy atom. The quantitative estimate of drug-likeness (QED) is 0.814. The maximum atomic E-state index is 12.0. The lowest BCUT2D eigenvalue weighted by Gasteiger charge is -2.19. The van der Waals surface area contributed by atoms with Crippen molar-refractivity contribution >= 4 is 24.0 Å². The molecule has 1 aromatic rings. The Bertz CT molecular complexity index is 393. The van der Waals surface area contributed by atoms with E-state index in [4.69, 9.17) is 0 Å². The van der Waals surface area contributed by atoms with Gasteiger partial charge in [-0.3, -0.25) is 4.79 Å². The van der Waals surface area contributed by atoms with Crippen molar-refractivity contribution in [3.8, 4) is 0 Å². The molecule has 4 heteroatoms. The summed E-state index contributed by atoms with van der Waals surface area (Å²) >= 11 is 0. The van der Waals surface area contributed by atoms with Crippen molar-refractivity contribution in [1.82, 2.24) is 5.32 Å². The molecular formula is C15H25ClN2O. The van der Waals surface area contributed by atoms with Crippen LogP contribution >= 0.6 is 12.4 Å². The molecule has 1 N–H and O–H groups in total. The van der Waals surface area contributed by atoms with Gasteiger partial charge in [0.15, 0.2) is 0 Å². The molecule has 0 aliphatic rings. The highest BCUT2D eigenvalue weighted by atomic mass is 35.5. The van der Waals surface area contributed by atoms with Gasteiger partial charge in [0.1, 0.15) is 0 Å². The Kier molecular flexibility index (Phi) is 8.44. The van der Waals surface area contributed by atoms with Crippen LogP contribution in [0.1, 0.15) is 38.2 Å². The molecule has 0 unspecified atom stereocenters. The van der Waals surface area contributed by atoms with Crippen molar-refractivity contribution in [3.63, 3.8) is 0 Å². The minimum absolute atomic E-state index is 0. The molecule has 1 amide bonds. The summed E-state index contributed by atoms with van der Waals surface area (Å²) < 4.78 is 0. The molecule has 3 nitrogen and oxygen atoms in total. The van der Waals surface area contributed by atoms with E-state index in [-0.39, 0.29) is 18.3 Å². The maximum absolute atomic E-state index is 12.0. The molecule has 0 saturated heterocycles. The number of carbonyl (C=O) groups is 1. The van der Waals surface area contributed by atoms with Gasteiger partial charge < -0.3 is 10.2 Å². The molecule has 1 aromatic carbocycles. The number of hydrogen-bond donors (Lipinski definition) is 1. The minimum Gasteiger partial charge on any atom is -0.320 e. The first-order valence-corrected chi connectivity index (χ1v) is 6.57. The van der Waals surface area contributed by atoms with Crippen LogP contribution in [-0.4, -0.2) is 26.5 Å². The third-order valence-corrected chi connectivity index (χ3v) is 3.12. The van der Waals surface area contributed by atoms with Gasteiger partial charge in [0.25, 0.3) is 0 Å². The lowest BCUT2D eigenvalue weighted by molar-refractivity contribution is -0.118. The largest absolute Gasteiger partial charge is 0.320 e. The third-order valence-electron chi connectivity index (χ3n) is 3.12. The predicted octanol–water partition coefficient (Wildman–Crippen LogP) is 3.19. The number of benzene rings is 1. The molecule has 108 valence electrons. The number of anilines is 1. The highest BCUT2D eigenvalue weighted by molar-refractivity contribution is 5.92. The number of carbonyl (C=O) groups excluding carboxylic acids is 1. The lowest BCUT2D eigenvalue weighted by atomic mass is 10.0. The van der Waals surface area contributed by atoms with E-state index in [1.54, 1.807) is 4.90 Å². The van der Waals surface area contributed by atoms with Crippen LogP contribution in [0.15, 0.2) is 24.3 Å². The molecular weight excluding hydrogens is 260 g/mol. The Morgan fingerprint density at radius 3 is 2.63 bits per heavy atom. The number of halogens is 1. The number of nitrogens with zero attached hydrogens (tertiary/aromatic N) is 1. The van der Waals surface area contributed by atoms with E-state index in [1.807, 2.05) is 26.2 Å². The van der Waals surface area contributed by atoms with Gasteiger partial charge in [-0.15, -0.1) is 12.4 Å². The molecule has 19 heavy (non-hydrogen) atoms. The molecule has 0 spiro atoms. The lowest BCUT2D eigenvalue weighted by Crippen LogP contribution is -2.26. The zero-order valence-electron chi connectivity index (χ0n) is 12.3. The Labute approximate surface area is 122 Å². The fraction of sp³-hybridized carbons (Fsp3) is 0.533. The van der Waals surface area contributed by atoms with Crippen LogP contribution in [0.2, 0.25) is 0 Å². The van der Waals surface area contributed by atoms with Crippen LogP contribution in [0.5, 0.6) is 0 Å². The van der Waals surface area contributed by atoms with Gasteiger partial charge in [-0.1, -0.05) is 26.0 Å². The second-order valence-corrected chi connectivity index (χ2v) is 4.91. The zero-order chi connectivity index (χ0) is 13.5. The minimum atomic E-state index is 0. The van der Waals surface area contributed by atoms with E-state index < -0.39 is 0 Å². The van der Waals surface area contributed by atoms with Gasteiger partial charge in [0.2, 0.25) is 5.91 Å². The topological polar surface area (TPSA) is 32.3 Å². The summed E-state index contributed by atoms with van der Waals surface area (Å²) in [6, 6.07) is 8.21. The molecule has 1 rings (SSSR count). The first kappa shape index (κ1) is 17.9.